The van der Waals surface area contributed by atoms with Gasteiger partial charge in [-0.25, -0.2) is 0 Å². The van der Waals surface area contributed by atoms with Crippen molar-refractivity contribution in [1.29, 1.82) is 0 Å². The number of amides is 3. The van der Waals surface area contributed by atoms with E-state index in [4.69, 9.17) is 0 Å². The Morgan fingerprint density at radius 3 is 2.76 bits per heavy atom. The summed E-state index contributed by atoms with van der Waals surface area (Å²) in [4.78, 5) is 44.1. The van der Waals surface area contributed by atoms with Gasteiger partial charge in [0.05, 0.1) is 10.8 Å². The predicted molar refractivity (Wildman–Crippen MR) is 96.4 cm³/mol. The molecular formula is C18H25N3O3S. The van der Waals surface area contributed by atoms with E-state index in [0.717, 1.165) is 16.9 Å². The Hall–Kier alpha value is -1.89. The molecule has 0 N–H and O–H groups in total. The number of fused-ring (bicyclic) bond motifs is 1. The van der Waals surface area contributed by atoms with Crippen LogP contribution in [0, 0.1) is 5.92 Å². The van der Waals surface area contributed by atoms with Crippen molar-refractivity contribution >= 4 is 29.1 Å². The Labute approximate surface area is 152 Å². The maximum Gasteiger partial charge on any atom is 0.263 e. The summed E-state index contributed by atoms with van der Waals surface area (Å²) in [5.41, 5.74) is 1.09. The molecule has 1 atom stereocenters. The van der Waals surface area contributed by atoms with Gasteiger partial charge in [0.1, 0.15) is 0 Å². The summed E-state index contributed by atoms with van der Waals surface area (Å²) >= 11 is 1.54. The second-order valence-electron chi connectivity index (χ2n) is 6.94. The van der Waals surface area contributed by atoms with Gasteiger partial charge in [0.15, 0.2) is 0 Å². The summed E-state index contributed by atoms with van der Waals surface area (Å²) in [5, 5.41) is 0. The van der Waals surface area contributed by atoms with Gasteiger partial charge in [0.2, 0.25) is 11.8 Å². The van der Waals surface area contributed by atoms with Gasteiger partial charge < -0.3 is 14.7 Å². The van der Waals surface area contributed by atoms with Crippen LogP contribution >= 0.6 is 11.3 Å². The summed E-state index contributed by atoms with van der Waals surface area (Å²) < 4.78 is 0. The first-order valence-electron chi connectivity index (χ1n) is 8.80. The van der Waals surface area contributed by atoms with Crippen LogP contribution in [0.4, 0.5) is 0 Å². The fraction of sp³-hybridized carbons (Fsp3) is 0.611. The molecule has 1 unspecified atom stereocenters. The highest BCUT2D eigenvalue weighted by atomic mass is 32.1. The highest BCUT2D eigenvalue weighted by molar-refractivity contribution is 7.14. The van der Waals surface area contributed by atoms with Crippen molar-refractivity contribution in [2.75, 3.05) is 33.7 Å². The number of hydrogen-bond donors (Lipinski definition) is 0. The van der Waals surface area contributed by atoms with Crippen molar-refractivity contribution in [3.8, 4) is 0 Å². The fourth-order valence-electron chi connectivity index (χ4n) is 3.53. The van der Waals surface area contributed by atoms with Crippen LogP contribution in [0.1, 0.15) is 39.9 Å². The number of carbonyl (C=O) groups is 3. The molecule has 0 aliphatic carbocycles. The highest BCUT2D eigenvalue weighted by Crippen LogP contribution is 2.30. The van der Waals surface area contributed by atoms with Crippen LogP contribution in [-0.2, 0) is 22.6 Å². The molecule has 136 valence electrons. The first kappa shape index (κ1) is 17.9. The number of thiophene rings is 1. The van der Waals surface area contributed by atoms with Crippen LogP contribution in [0.25, 0.3) is 0 Å². The maximum absolute atomic E-state index is 12.9. The summed E-state index contributed by atoms with van der Waals surface area (Å²) in [6.45, 7) is 4.41. The van der Waals surface area contributed by atoms with Crippen LogP contribution in [0.2, 0.25) is 0 Å². The third-order valence-electron chi connectivity index (χ3n) is 5.03. The molecule has 0 radical (unpaired) electrons. The summed E-state index contributed by atoms with van der Waals surface area (Å²) in [5.74, 6) is 0.211. The zero-order chi connectivity index (χ0) is 18.1. The van der Waals surface area contributed by atoms with Gasteiger partial charge in [-0.3, -0.25) is 14.4 Å². The lowest BCUT2D eigenvalue weighted by Gasteiger charge is -2.35. The van der Waals surface area contributed by atoms with E-state index in [1.54, 1.807) is 35.2 Å². The summed E-state index contributed by atoms with van der Waals surface area (Å²) in [7, 11) is 3.50. The Balaban J connectivity index is 1.69. The number of piperidine rings is 1. The van der Waals surface area contributed by atoms with Crippen molar-refractivity contribution < 1.29 is 14.4 Å². The molecule has 3 heterocycles. The van der Waals surface area contributed by atoms with E-state index >= 15 is 0 Å². The number of rotatable bonds is 3. The van der Waals surface area contributed by atoms with E-state index in [2.05, 4.69) is 0 Å². The molecule has 0 bridgehead atoms. The van der Waals surface area contributed by atoms with Crippen LogP contribution in [-0.4, -0.2) is 66.2 Å². The van der Waals surface area contributed by atoms with Crippen LogP contribution < -0.4 is 0 Å². The van der Waals surface area contributed by atoms with Crippen LogP contribution in [0.15, 0.2) is 6.07 Å². The average molecular weight is 363 g/mol. The van der Waals surface area contributed by atoms with E-state index in [-0.39, 0.29) is 23.6 Å². The van der Waals surface area contributed by atoms with Gasteiger partial charge in [-0.1, -0.05) is 0 Å². The summed E-state index contributed by atoms with van der Waals surface area (Å²) in [6, 6.07) is 1.94. The highest BCUT2D eigenvalue weighted by Gasteiger charge is 2.34. The second kappa shape index (κ2) is 7.15. The van der Waals surface area contributed by atoms with E-state index in [1.165, 1.54) is 4.88 Å². The number of nitrogens with zero attached hydrogens (tertiary/aromatic N) is 3. The lowest BCUT2D eigenvalue weighted by Crippen LogP contribution is -2.47. The Bertz CT molecular complexity index is 698. The smallest absolute Gasteiger partial charge is 0.263 e. The van der Waals surface area contributed by atoms with Gasteiger partial charge in [0.25, 0.3) is 5.91 Å². The van der Waals surface area contributed by atoms with Crippen LogP contribution in [0.5, 0.6) is 0 Å². The molecule has 0 saturated carbocycles. The minimum Gasteiger partial charge on any atom is -0.344 e. The van der Waals surface area contributed by atoms with Crippen LogP contribution in [0.3, 0.4) is 0 Å². The molecule has 1 aromatic rings. The van der Waals surface area contributed by atoms with Crippen molar-refractivity contribution in [1.82, 2.24) is 14.7 Å². The SMILES string of the molecule is CCN1CC(C(=O)N2CCc3sc(C(=O)N(C)C)cc3C2)CCC1=O. The average Bonchev–Trinajstić information content (AvgIpc) is 3.03. The number of likely N-dealkylation sites (tertiary alicyclic amines) is 1. The minimum absolute atomic E-state index is 0.0154. The third-order valence-corrected chi connectivity index (χ3v) is 6.25. The first-order chi connectivity index (χ1) is 11.9. The predicted octanol–water partition coefficient (Wildman–Crippen LogP) is 1.59. The number of hydrogen-bond acceptors (Lipinski definition) is 4. The van der Waals surface area contributed by atoms with Gasteiger partial charge in [-0.15, -0.1) is 11.3 Å². The Morgan fingerprint density at radius 2 is 2.08 bits per heavy atom. The molecule has 2 aliphatic heterocycles. The van der Waals surface area contributed by atoms with Crippen molar-refractivity contribution in [3.63, 3.8) is 0 Å². The van der Waals surface area contributed by atoms with E-state index in [1.807, 2.05) is 17.9 Å². The largest absolute Gasteiger partial charge is 0.344 e. The standard InChI is InChI=1S/C18H25N3O3S/c1-4-20-10-12(5-6-16(20)22)17(23)21-8-7-14-13(11-21)9-15(25-14)18(24)19(2)3/h9,12H,4-8,10-11H2,1-3H3. The maximum atomic E-state index is 12.9. The Kier molecular flexibility index (Phi) is 5.13. The molecule has 1 fully saturated rings. The molecule has 1 aromatic heterocycles. The lowest BCUT2D eigenvalue weighted by atomic mass is 9.95. The normalized spacial score (nSPS) is 20.4. The monoisotopic (exact) mass is 363 g/mol. The molecule has 0 spiro atoms. The molecule has 25 heavy (non-hydrogen) atoms. The third kappa shape index (κ3) is 3.56. The molecular weight excluding hydrogens is 338 g/mol. The second-order valence-corrected chi connectivity index (χ2v) is 8.07. The zero-order valence-electron chi connectivity index (χ0n) is 15.1. The van der Waals surface area contributed by atoms with Crippen molar-refractivity contribution in [2.45, 2.75) is 32.7 Å². The minimum atomic E-state index is -0.0966. The van der Waals surface area contributed by atoms with Crippen molar-refractivity contribution in [2.24, 2.45) is 5.92 Å². The molecule has 2 aliphatic rings. The number of carbonyl (C=O) groups excluding carboxylic acids is 3. The quantitative estimate of drug-likeness (QED) is 0.819. The molecule has 3 rings (SSSR count). The molecule has 1 saturated heterocycles. The van der Waals surface area contributed by atoms with E-state index < -0.39 is 0 Å². The van der Waals surface area contributed by atoms with Gasteiger partial charge >= 0.3 is 0 Å². The molecule has 3 amide bonds. The van der Waals surface area contributed by atoms with E-state index in [9.17, 15) is 14.4 Å². The fourth-order valence-corrected chi connectivity index (χ4v) is 4.71. The zero-order valence-corrected chi connectivity index (χ0v) is 15.9. The van der Waals surface area contributed by atoms with Crippen molar-refractivity contribution in [3.05, 3.63) is 21.4 Å². The summed E-state index contributed by atoms with van der Waals surface area (Å²) in [6.07, 6.45) is 1.91. The van der Waals surface area contributed by atoms with Gasteiger partial charge in [-0.05, 0) is 31.4 Å². The van der Waals surface area contributed by atoms with E-state index in [0.29, 0.717) is 39.0 Å². The Morgan fingerprint density at radius 1 is 1.32 bits per heavy atom. The molecule has 7 heteroatoms. The topological polar surface area (TPSA) is 60.9 Å². The first-order valence-corrected chi connectivity index (χ1v) is 9.62. The molecule has 0 aromatic carbocycles. The van der Waals surface area contributed by atoms with Gasteiger partial charge in [-0.2, -0.15) is 0 Å². The van der Waals surface area contributed by atoms with Gasteiger partial charge in [0, 0.05) is 51.6 Å². The molecule has 6 nitrogen and oxygen atoms in total. The lowest BCUT2D eigenvalue weighted by molar-refractivity contribution is -0.143.